The smallest absolute Gasteiger partial charge is 0.311 e. The lowest BCUT2D eigenvalue weighted by Crippen LogP contribution is -2.61. The Morgan fingerprint density at radius 3 is 2.02 bits per heavy atom. The average molecular weight is 777 g/mol. The van der Waals surface area contributed by atoms with Gasteiger partial charge in [0.15, 0.2) is 12.6 Å². The zero-order chi connectivity index (χ0) is 41.1. The summed E-state index contributed by atoms with van der Waals surface area (Å²) in [5.41, 5.74) is -3.96. The van der Waals surface area contributed by atoms with Crippen molar-refractivity contribution in [1.82, 2.24) is 10.2 Å². The van der Waals surface area contributed by atoms with Crippen LogP contribution in [-0.2, 0) is 47.5 Å². The molecule has 0 saturated carbocycles. The van der Waals surface area contributed by atoms with Gasteiger partial charge in [0, 0.05) is 45.8 Å². The maximum absolute atomic E-state index is 14.4. The van der Waals surface area contributed by atoms with Gasteiger partial charge in [-0.2, -0.15) is 0 Å². The van der Waals surface area contributed by atoms with E-state index in [1.165, 1.54) is 21.1 Å². The highest BCUT2D eigenvalue weighted by molar-refractivity contribution is 5.79. The van der Waals surface area contributed by atoms with Crippen LogP contribution in [0.2, 0.25) is 0 Å². The van der Waals surface area contributed by atoms with Crippen LogP contribution in [0.1, 0.15) is 94.9 Å². The Labute approximate surface area is 323 Å². The average Bonchev–Trinajstić information content (AvgIpc) is 3.10. The summed E-state index contributed by atoms with van der Waals surface area (Å²) in [6.07, 6.45) is -7.74. The molecule has 0 aliphatic carbocycles. The summed E-state index contributed by atoms with van der Waals surface area (Å²) in [6, 6.07) is -0.752. The molecule has 316 valence electrons. The first-order valence-corrected chi connectivity index (χ1v) is 19.5. The minimum absolute atomic E-state index is 0.141. The van der Waals surface area contributed by atoms with Crippen molar-refractivity contribution in [2.75, 3.05) is 35.4 Å². The number of aliphatic hydroxyl groups excluding tert-OH is 2. The first kappa shape index (κ1) is 46.9. The molecule has 0 spiro atoms. The molecule has 0 aromatic rings. The molecular weight excluding hydrogens is 704 g/mol. The van der Waals surface area contributed by atoms with Crippen molar-refractivity contribution in [2.24, 2.45) is 17.8 Å². The lowest BCUT2D eigenvalue weighted by atomic mass is 9.78. The zero-order valence-electron chi connectivity index (χ0n) is 35.4. The molecule has 3 aliphatic heterocycles. The molecule has 4 N–H and O–H groups in total. The first-order chi connectivity index (χ1) is 25.0. The lowest BCUT2D eigenvalue weighted by molar-refractivity contribution is -0.319. The number of carbonyl (C=O) groups excluding carboxylic acids is 2. The van der Waals surface area contributed by atoms with Crippen molar-refractivity contribution in [2.45, 2.75) is 185 Å². The maximum Gasteiger partial charge on any atom is 0.311 e. The van der Waals surface area contributed by atoms with Gasteiger partial charge in [-0.3, -0.25) is 9.59 Å². The van der Waals surface area contributed by atoms with Crippen LogP contribution in [0.5, 0.6) is 0 Å². The Morgan fingerprint density at radius 2 is 1.48 bits per heavy atom. The number of cyclic esters (lactones) is 1. The second-order valence-electron chi connectivity index (χ2n) is 16.9. The van der Waals surface area contributed by atoms with Crippen molar-refractivity contribution in [3.05, 3.63) is 0 Å². The summed E-state index contributed by atoms with van der Waals surface area (Å²) in [5.74, 6) is -3.56. The number of ether oxygens (including phenoxy) is 8. The van der Waals surface area contributed by atoms with E-state index in [0.717, 1.165) is 0 Å². The number of aliphatic hydroxyl groups is 3. The van der Waals surface area contributed by atoms with Gasteiger partial charge in [0.1, 0.15) is 30.0 Å². The van der Waals surface area contributed by atoms with Crippen LogP contribution in [0, 0.1) is 17.8 Å². The predicted molar refractivity (Wildman–Crippen MR) is 199 cm³/mol. The maximum atomic E-state index is 14.4. The van der Waals surface area contributed by atoms with Crippen LogP contribution in [0.15, 0.2) is 0 Å². The van der Waals surface area contributed by atoms with Gasteiger partial charge in [-0.1, -0.05) is 20.8 Å². The van der Waals surface area contributed by atoms with Crippen molar-refractivity contribution in [3.8, 4) is 0 Å². The molecule has 3 aliphatic rings. The monoisotopic (exact) mass is 777 g/mol. The topological polar surface area (TPSA) is 184 Å². The van der Waals surface area contributed by atoms with Crippen LogP contribution >= 0.6 is 0 Å². The molecule has 1 amide bonds. The fourth-order valence-electron chi connectivity index (χ4n) is 8.88. The number of rotatable bonds is 9. The minimum Gasteiger partial charge on any atom is -0.459 e. The molecule has 0 bridgehead atoms. The molecule has 3 saturated heterocycles. The fourth-order valence-corrected chi connectivity index (χ4v) is 8.88. The van der Waals surface area contributed by atoms with Gasteiger partial charge < -0.3 is 63.4 Å². The molecule has 3 heterocycles. The largest absolute Gasteiger partial charge is 0.459 e. The summed E-state index contributed by atoms with van der Waals surface area (Å²) in [5, 5.41) is 37.6. The van der Waals surface area contributed by atoms with Crippen LogP contribution < -0.4 is 5.32 Å². The van der Waals surface area contributed by atoms with E-state index in [4.69, 9.17) is 37.9 Å². The van der Waals surface area contributed by atoms with E-state index in [9.17, 15) is 24.9 Å². The fraction of sp³-hybridized carbons (Fsp3) is 0.949. The number of likely N-dealkylation sites (N-methyl/N-ethyl adjacent to an activating group) is 1. The predicted octanol–water partition coefficient (Wildman–Crippen LogP) is 2.39. The quantitative estimate of drug-likeness (QED) is 0.251. The van der Waals surface area contributed by atoms with Crippen LogP contribution in [-0.4, -0.2) is 158 Å². The second kappa shape index (κ2) is 18.8. The number of hydrogen-bond donors (Lipinski definition) is 4. The van der Waals surface area contributed by atoms with Gasteiger partial charge in [-0.15, -0.1) is 0 Å². The number of methoxy groups -OCH3 is 3. The minimum atomic E-state index is -1.76. The van der Waals surface area contributed by atoms with Crippen molar-refractivity contribution >= 4 is 11.9 Å². The van der Waals surface area contributed by atoms with Crippen molar-refractivity contribution in [1.29, 1.82) is 0 Å². The van der Waals surface area contributed by atoms with E-state index >= 15 is 0 Å². The van der Waals surface area contributed by atoms with E-state index in [2.05, 4.69) is 5.32 Å². The number of nitrogens with zero attached hydrogens (tertiary/aromatic N) is 1. The van der Waals surface area contributed by atoms with E-state index in [1.807, 2.05) is 46.7 Å². The summed E-state index contributed by atoms with van der Waals surface area (Å²) in [4.78, 5) is 30.1. The molecule has 15 heteroatoms. The highest BCUT2D eigenvalue weighted by atomic mass is 16.7. The Balaban J connectivity index is 2.23. The molecule has 3 rings (SSSR count). The Hall–Kier alpha value is -1.50. The van der Waals surface area contributed by atoms with E-state index < -0.39 is 102 Å². The Morgan fingerprint density at radius 1 is 0.870 bits per heavy atom. The first-order valence-electron chi connectivity index (χ1n) is 19.5. The highest BCUT2D eigenvalue weighted by Gasteiger charge is 2.53. The summed E-state index contributed by atoms with van der Waals surface area (Å²) in [7, 11) is 8.26. The van der Waals surface area contributed by atoms with Gasteiger partial charge in [0.05, 0.1) is 47.5 Å². The van der Waals surface area contributed by atoms with E-state index in [0.29, 0.717) is 6.42 Å². The van der Waals surface area contributed by atoms with Gasteiger partial charge in [-0.05, 0) is 81.8 Å². The zero-order valence-corrected chi connectivity index (χ0v) is 35.4. The number of esters is 1. The molecule has 3 fully saturated rings. The number of hydrogen-bond acceptors (Lipinski definition) is 14. The number of amides is 1. The van der Waals surface area contributed by atoms with E-state index in [-0.39, 0.29) is 37.3 Å². The Bertz CT molecular complexity index is 1220. The SMILES string of the molecule is CC[C@H]1OC(=O)[C@H](C)[C@@H](O[C@H]2C[C@@](C)(OC)[C@@H](O)[C@@H](C)O2)[C@H](C)[C@@H](O[C@@H]2O[C@H](C)C[C@H](N(C)C)[C@H]2O)[C@](C)(OC)C[C@@H](C)NC(=O)[C@@H](C)[C@@H](OC)[C@]1(C)O. The third-order valence-electron chi connectivity index (χ3n) is 12.3. The molecule has 0 radical (unpaired) electrons. The molecule has 54 heavy (non-hydrogen) atoms. The third-order valence-corrected chi connectivity index (χ3v) is 12.3. The Kier molecular flexibility index (Phi) is 16.4. The molecule has 0 aromatic carbocycles. The summed E-state index contributed by atoms with van der Waals surface area (Å²) < 4.78 is 50.0. The van der Waals surface area contributed by atoms with Gasteiger partial charge in [0.25, 0.3) is 0 Å². The lowest BCUT2D eigenvalue weighted by Gasteiger charge is -2.49. The normalized spacial score (nSPS) is 47.7. The standard InChI is InChI=1S/C39H72N2O13/c1-16-27-39(10,46)33(47-13)24(6)34(44)40-20(2)18-38(9,49-15)32(54-36-29(42)26(41(11)12)17-21(3)50-36)22(4)30(23(5)35(45)52-27)53-28-19-37(8,48-14)31(43)25(7)51-28/h20-33,36,42-43,46H,16-19H2,1-15H3,(H,40,44)/t20-,21-,22+,23-,24+,25-,26+,27-,28+,29-,30+,31+,32-,33-,36+,37-,38-,39-/m1/s1. The van der Waals surface area contributed by atoms with Crippen LogP contribution in [0.3, 0.4) is 0 Å². The molecule has 18 atom stereocenters. The second-order valence-corrected chi connectivity index (χ2v) is 16.9. The highest BCUT2D eigenvalue weighted by Crippen LogP contribution is 2.40. The molecule has 0 unspecified atom stereocenters. The van der Waals surface area contributed by atoms with Gasteiger partial charge in [-0.25, -0.2) is 0 Å². The summed E-state index contributed by atoms with van der Waals surface area (Å²) in [6.45, 7) is 17.6. The van der Waals surface area contributed by atoms with Gasteiger partial charge >= 0.3 is 5.97 Å². The van der Waals surface area contributed by atoms with Crippen molar-refractivity contribution < 1.29 is 62.8 Å². The van der Waals surface area contributed by atoms with Gasteiger partial charge in [0.2, 0.25) is 5.91 Å². The third kappa shape index (κ3) is 10.1. The molecule has 0 aromatic heterocycles. The molecule has 15 nitrogen and oxygen atoms in total. The van der Waals surface area contributed by atoms with E-state index in [1.54, 1.807) is 41.7 Å². The van der Waals surface area contributed by atoms with Crippen molar-refractivity contribution in [3.63, 3.8) is 0 Å². The van der Waals surface area contributed by atoms with Crippen LogP contribution in [0.25, 0.3) is 0 Å². The van der Waals surface area contributed by atoms with Crippen LogP contribution in [0.4, 0.5) is 0 Å². The number of carbonyl (C=O) groups is 2. The number of nitrogens with one attached hydrogen (secondary N) is 1. The molecular formula is C39H72N2O13. The summed E-state index contributed by atoms with van der Waals surface area (Å²) >= 11 is 0.